The molecule has 0 radical (unpaired) electrons. The second kappa shape index (κ2) is 9.65. The van der Waals surface area contributed by atoms with Crippen molar-refractivity contribution in [3.8, 4) is 5.75 Å². The molecule has 29 heavy (non-hydrogen) atoms. The van der Waals surface area contributed by atoms with E-state index >= 15 is 0 Å². The summed E-state index contributed by atoms with van der Waals surface area (Å²) in [6, 6.07) is 7.63. The SMILES string of the molecule is COc1ccc(S[C@H](C)C(=O)N2CCN(S(=O)(=O)N3CCN(C)CC3)CC2)cc1. The van der Waals surface area contributed by atoms with Crippen LogP contribution in [0.5, 0.6) is 5.75 Å². The highest BCUT2D eigenvalue weighted by Crippen LogP contribution is 2.27. The number of hydrogen-bond acceptors (Lipinski definition) is 6. The van der Waals surface area contributed by atoms with Gasteiger partial charge in [0.15, 0.2) is 0 Å². The van der Waals surface area contributed by atoms with Crippen LogP contribution in [0.1, 0.15) is 6.92 Å². The molecule has 0 unspecified atom stereocenters. The number of nitrogens with zero attached hydrogens (tertiary/aromatic N) is 4. The summed E-state index contributed by atoms with van der Waals surface area (Å²) in [6.45, 7) is 5.99. The summed E-state index contributed by atoms with van der Waals surface area (Å²) in [5.41, 5.74) is 0. The average Bonchev–Trinajstić information content (AvgIpc) is 2.74. The molecule has 0 aromatic heterocycles. The minimum atomic E-state index is -3.45. The molecule has 2 fully saturated rings. The molecule has 162 valence electrons. The van der Waals surface area contributed by atoms with E-state index < -0.39 is 10.2 Å². The van der Waals surface area contributed by atoms with E-state index in [9.17, 15) is 13.2 Å². The van der Waals surface area contributed by atoms with E-state index in [1.165, 1.54) is 16.1 Å². The fraction of sp³-hybridized carbons (Fsp3) is 0.632. The second-order valence-electron chi connectivity index (χ2n) is 7.37. The standard InChI is InChI=1S/C19H30N4O4S2/c1-16(28-18-6-4-17(27-3)5-7-18)19(24)21-10-14-23(15-11-21)29(25,26)22-12-8-20(2)9-13-22/h4-7,16H,8-15H2,1-3H3/t16-/m1/s1. The molecule has 2 aliphatic heterocycles. The van der Waals surface area contributed by atoms with E-state index in [1.807, 2.05) is 38.2 Å². The molecule has 0 N–H and O–H groups in total. The Balaban J connectivity index is 1.51. The maximum Gasteiger partial charge on any atom is 0.282 e. The molecular weight excluding hydrogens is 412 g/mol. The molecule has 1 amide bonds. The minimum Gasteiger partial charge on any atom is -0.497 e. The summed E-state index contributed by atoms with van der Waals surface area (Å²) in [4.78, 5) is 17.7. The molecule has 0 spiro atoms. The van der Waals surface area contributed by atoms with Crippen molar-refractivity contribution in [1.29, 1.82) is 0 Å². The van der Waals surface area contributed by atoms with Gasteiger partial charge in [-0.05, 0) is 38.2 Å². The van der Waals surface area contributed by atoms with Crippen LogP contribution in [-0.4, -0.2) is 105 Å². The van der Waals surface area contributed by atoms with Crippen molar-refractivity contribution in [2.75, 3.05) is 66.5 Å². The van der Waals surface area contributed by atoms with E-state index in [-0.39, 0.29) is 11.2 Å². The Labute approximate surface area is 177 Å². The zero-order valence-corrected chi connectivity index (χ0v) is 18.9. The Morgan fingerprint density at radius 2 is 1.48 bits per heavy atom. The lowest BCUT2D eigenvalue weighted by Gasteiger charge is -2.39. The Kier molecular flexibility index (Phi) is 7.44. The predicted molar refractivity (Wildman–Crippen MR) is 114 cm³/mol. The highest BCUT2D eigenvalue weighted by atomic mass is 32.2. The Morgan fingerprint density at radius 1 is 0.966 bits per heavy atom. The van der Waals surface area contributed by atoms with Gasteiger partial charge in [-0.2, -0.15) is 17.0 Å². The van der Waals surface area contributed by atoms with Gasteiger partial charge < -0.3 is 14.5 Å². The van der Waals surface area contributed by atoms with Crippen LogP contribution >= 0.6 is 11.8 Å². The first-order chi connectivity index (χ1) is 13.8. The molecule has 3 rings (SSSR count). The van der Waals surface area contributed by atoms with Gasteiger partial charge >= 0.3 is 0 Å². The van der Waals surface area contributed by atoms with Gasteiger partial charge in [0.2, 0.25) is 5.91 Å². The van der Waals surface area contributed by atoms with Gasteiger partial charge in [0, 0.05) is 57.3 Å². The summed E-state index contributed by atoms with van der Waals surface area (Å²) in [5.74, 6) is 0.827. The normalized spacial score (nSPS) is 21.1. The number of likely N-dealkylation sites (N-methyl/N-ethyl adjacent to an activating group) is 1. The maximum absolute atomic E-state index is 12.9. The van der Waals surface area contributed by atoms with Crippen LogP contribution in [-0.2, 0) is 15.0 Å². The van der Waals surface area contributed by atoms with Gasteiger partial charge in [-0.15, -0.1) is 11.8 Å². The first-order valence-corrected chi connectivity index (χ1v) is 12.1. The lowest BCUT2D eigenvalue weighted by atomic mass is 10.3. The third-order valence-corrected chi connectivity index (χ3v) is 8.52. The number of hydrogen-bond donors (Lipinski definition) is 0. The van der Waals surface area contributed by atoms with Crippen molar-refractivity contribution < 1.29 is 17.9 Å². The lowest BCUT2D eigenvalue weighted by Crippen LogP contribution is -2.57. The van der Waals surface area contributed by atoms with E-state index in [0.717, 1.165) is 23.7 Å². The number of methoxy groups -OCH3 is 1. The summed E-state index contributed by atoms with van der Waals surface area (Å²) < 4.78 is 34.0. The summed E-state index contributed by atoms with van der Waals surface area (Å²) in [7, 11) is 0.174. The van der Waals surface area contributed by atoms with Crippen LogP contribution in [0, 0.1) is 0 Å². The Hall–Kier alpha value is -1.33. The summed E-state index contributed by atoms with van der Waals surface area (Å²) in [5, 5.41) is -0.232. The van der Waals surface area contributed by atoms with Crippen molar-refractivity contribution in [2.24, 2.45) is 0 Å². The van der Waals surface area contributed by atoms with Crippen LogP contribution in [0.25, 0.3) is 0 Å². The molecule has 2 heterocycles. The molecule has 10 heteroatoms. The third-order valence-electron chi connectivity index (χ3n) is 5.39. The first-order valence-electron chi connectivity index (χ1n) is 9.84. The molecule has 1 aromatic carbocycles. The fourth-order valence-corrected chi connectivity index (χ4v) is 6.01. The quantitative estimate of drug-likeness (QED) is 0.607. The monoisotopic (exact) mass is 442 g/mol. The number of thioether (sulfide) groups is 1. The van der Waals surface area contributed by atoms with Crippen LogP contribution < -0.4 is 4.74 Å². The van der Waals surface area contributed by atoms with Gasteiger partial charge in [-0.1, -0.05) is 0 Å². The van der Waals surface area contributed by atoms with Crippen molar-refractivity contribution in [2.45, 2.75) is 17.1 Å². The first kappa shape index (κ1) is 22.4. The zero-order valence-electron chi connectivity index (χ0n) is 17.3. The predicted octanol–water partition coefficient (Wildman–Crippen LogP) is 0.812. The van der Waals surface area contributed by atoms with Gasteiger partial charge in [0.25, 0.3) is 10.2 Å². The maximum atomic E-state index is 12.9. The molecule has 0 saturated carbocycles. The summed E-state index contributed by atoms with van der Waals surface area (Å²) in [6.07, 6.45) is 0. The van der Waals surface area contributed by atoms with Crippen molar-refractivity contribution in [3.05, 3.63) is 24.3 Å². The van der Waals surface area contributed by atoms with E-state index in [2.05, 4.69) is 4.90 Å². The molecular formula is C19H30N4O4S2. The molecule has 1 aromatic rings. The summed E-state index contributed by atoms with van der Waals surface area (Å²) >= 11 is 1.50. The smallest absolute Gasteiger partial charge is 0.282 e. The van der Waals surface area contributed by atoms with Crippen LogP contribution in [0.2, 0.25) is 0 Å². The molecule has 0 bridgehead atoms. The molecule has 0 aliphatic carbocycles. The molecule has 8 nitrogen and oxygen atoms in total. The topological polar surface area (TPSA) is 73.4 Å². The van der Waals surface area contributed by atoms with E-state index in [1.54, 1.807) is 16.3 Å². The largest absolute Gasteiger partial charge is 0.497 e. The number of rotatable bonds is 6. The number of carbonyl (C=O) groups excluding carboxylic acids is 1. The third kappa shape index (κ3) is 5.43. The number of amides is 1. The van der Waals surface area contributed by atoms with Gasteiger partial charge in [-0.25, -0.2) is 0 Å². The van der Waals surface area contributed by atoms with Crippen LogP contribution in [0.3, 0.4) is 0 Å². The Bertz CT molecular complexity index is 787. The van der Waals surface area contributed by atoms with E-state index in [0.29, 0.717) is 39.3 Å². The van der Waals surface area contributed by atoms with Gasteiger partial charge in [0.05, 0.1) is 12.4 Å². The highest BCUT2D eigenvalue weighted by Gasteiger charge is 2.35. The average molecular weight is 443 g/mol. The molecule has 1 atom stereocenters. The van der Waals surface area contributed by atoms with Crippen molar-refractivity contribution in [3.63, 3.8) is 0 Å². The van der Waals surface area contributed by atoms with Crippen molar-refractivity contribution >= 4 is 27.9 Å². The van der Waals surface area contributed by atoms with Gasteiger partial charge in [-0.3, -0.25) is 4.79 Å². The number of benzene rings is 1. The highest BCUT2D eigenvalue weighted by molar-refractivity contribution is 8.00. The minimum absolute atomic E-state index is 0.0439. The van der Waals surface area contributed by atoms with Crippen LogP contribution in [0.4, 0.5) is 0 Å². The zero-order chi connectivity index (χ0) is 21.0. The van der Waals surface area contributed by atoms with Crippen LogP contribution in [0.15, 0.2) is 29.2 Å². The lowest BCUT2D eigenvalue weighted by molar-refractivity contribution is -0.131. The molecule has 2 aliphatic rings. The number of piperazine rings is 2. The van der Waals surface area contributed by atoms with E-state index in [4.69, 9.17) is 4.74 Å². The number of carbonyl (C=O) groups is 1. The fourth-order valence-electron chi connectivity index (χ4n) is 3.49. The second-order valence-corrected chi connectivity index (χ2v) is 10.7. The van der Waals surface area contributed by atoms with Crippen molar-refractivity contribution in [1.82, 2.24) is 18.4 Å². The molecule has 2 saturated heterocycles. The van der Waals surface area contributed by atoms with Gasteiger partial charge in [0.1, 0.15) is 5.75 Å². The number of ether oxygens (including phenoxy) is 1. The Morgan fingerprint density at radius 3 is 2.00 bits per heavy atom.